The molecule has 5 heteroatoms. The molecule has 1 N–H and O–H groups in total. The molecule has 0 aromatic carbocycles. The normalized spacial score (nSPS) is 18.7. The van der Waals surface area contributed by atoms with Gasteiger partial charge in [0.2, 0.25) is 5.89 Å². The third kappa shape index (κ3) is 3.53. The number of hydrogen-bond acceptors (Lipinski definition) is 5. The van der Waals surface area contributed by atoms with Crippen molar-refractivity contribution in [1.29, 1.82) is 0 Å². The van der Waals surface area contributed by atoms with Crippen molar-refractivity contribution in [3.63, 3.8) is 0 Å². The molecule has 5 nitrogen and oxygen atoms in total. The number of likely N-dealkylation sites (N-methyl/N-ethyl adjacent to an activating group) is 1. The lowest BCUT2D eigenvalue weighted by atomic mass is 10.0. The molecule has 1 aliphatic carbocycles. The minimum absolute atomic E-state index is 0.509. The lowest BCUT2D eigenvalue weighted by molar-refractivity contribution is 0.0138. The van der Waals surface area contributed by atoms with Crippen LogP contribution in [0.2, 0.25) is 0 Å². The van der Waals surface area contributed by atoms with E-state index in [0.717, 1.165) is 38.5 Å². The molecule has 0 spiro atoms. The van der Waals surface area contributed by atoms with Crippen LogP contribution in [0.25, 0.3) is 0 Å². The van der Waals surface area contributed by atoms with Crippen LogP contribution in [0, 0.1) is 0 Å². The smallest absolute Gasteiger partial charge is 0.226 e. The number of hydrogen-bond donors (Lipinski definition) is 1. The zero-order valence-corrected chi connectivity index (χ0v) is 11.4. The highest BCUT2D eigenvalue weighted by Gasteiger charge is 2.32. The maximum Gasteiger partial charge on any atom is 0.226 e. The summed E-state index contributed by atoms with van der Waals surface area (Å²) >= 11 is 0. The van der Waals surface area contributed by atoms with Gasteiger partial charge in [-0.05, 0) is 26.3 Å². The lowest BCUT2D eigenvalue weighted by Gasteiger charge is -2.27. The van der Waals surface area contributed by atoms with Crippen LogP contribution in [0.3, 0.4) is 0 Å². The van der Waals surface area contributed by atoms with E-state index in [2.05, 4.69) is 22.0 Å². The van der Waals surface area contributed by atoms with E-state index in [1.54, 1.807) is 0 Å². The van der Waals surface area contributed by atoms with Crippen LogP contribution in [0.1, 0.15) is 50.7 Å². The van der Waals surface area contributed by atoms with Crippen molar-refractivity contribution in [2.75, 3.05) is 13.6 Å². The third-order valence-electron chi connectivity index (χ3n) is 3.48. The Morgan fingerprint density at radius 1 is 1.39 bits per heavy atom. The number of rotatable bonds is 6. The van der Waals surface area contributed by atoms with Crippen LogP contribution in [0.15, 0.2) is 4.52 Å². The molecular weight excluding hydrogens is 230 g/mol. The molecule has 0 saturated heterocycles. The van der Waals surface area contributed by atoms with Crippen LogP contribution in [-0.2, 0) is 13.0 Å². The van der Waals surface area contributed by atoms with Gasteiger partial charge < -0.3 is 9.63 Å². The summed E-state index contributed by atoms with van der Waals surface area (Å²) in [5.74, 6) is 1.42. The zero-order chi connectivity index (χ0) is 13.0. The molecule has 1 aliphatic rings. The van der Waals surface area contributed by atoms with E-state index in [1.807, 2.05) is 7.05 Å². The van der Waals surface area contributed by atoms with E-state index in [1.165, 1.54) is 0 Å². The molecule has 1 aromatic rings. The average Bonchev–Trinajstić information content (AvgIpc) is 2.89. The molecule has 102 valence electrons. The molecule has 0 bridgehead atoms. The van der Waals surface area contributed by atoms with Gasteiger partial charge in [0.25, 0.3) is 0 Å². The summed E-state index contributed by atoms with van der Waals surface area (Å²) in [4.78, 5) is 6.41. The topological polar surface area (TPSA) is 62.4 Å². The predicted molar refractivity (Wildman–Crippen MR) is 68.0 cm³/mol. The molecule has 18 heavy (non-hydrogen) atoms. The highest BCUT2D eigenvalue weighted by atomic mass is 16.5. The monoisotopic (exact) mass is 253 g/mol. The van der Waals surface area contributed by atoms with E-state index in [9.17, 15) is 5.11 Å². The van der Waals surface area contributed by atoms with Gasteiger partial charge in [0.05, 0.1) is 12.1 Å². The first-order valence-corrected chi connectivity index (χ1v) is 6.84. The van der Waals surface area contributed by atoms with Crippen LogP contribution in [0.4, 0.5) is 0 Å². The Kier molecular flexibility index (Phi) is 4.35. The SMILES string of the molecule is CCCc1nc(CN(C)CC2(O)CCCC2)no1. The Labute approximate surface area is 108 Å². The van der Waals surface area contributed by atoms with Gasteiger partial charge in [0, 0.05) is 13.0 Å². The molecule has 0 atom stereocenters. The predicted octanol–water partition coefficient (Wildman–Crippen LogP) is 1.76. The molecule has 2 rings (SSSR count). The highest BCUT2D eigenvalue weighted by molar-refractivity contribution is 4.90. The Morgan fingerprint density at radius 3 is 2.78 bits per heavy atom. The van der Waals surface area contributed by atoms with Gasteiger partial charge in [-0.1, -0.05) is 24.9 Å². The van der Waals surface area contributed by atoms with Crippen LogP contribution in [0.5, 0.6) is 0 Å². The van der Waals surface area contributed by atoms with E-state index in [0.29, 0.717) is 24.8 Å². The number of aromatic nitrogens is 2. The maximum absolute atomic E-state index is 10.3. The minimum Gasteiger partial charge on any atom is -0.389 e. The van der Waals surface area contributed by atoms with Gasteiger partial charge in [-0.3, -0.25) is 4.90 Å². The molecule has 1 aromatic heterocycles. The third-order valence-corrected chi connectivity index (χ3v) is 3.48. The standard InChI is InChI=1S/C13H23N3O2/c1-3-6-12-14-11(15-18-12)9-16(2)10-13(17)7-4-5-8-13/h17H,3-10H2,1-2H3. The van der Waals surface area contributed by atoms with Gasteiger partial charge in [-0.2, -0.15) is 4.98 Å². The van der Waals surface area contributed by atoms with Crippen molar-refractivity contribution in [3.05, 3.63) is 11.7 Å². The molecule has 0 amide bonds. The van der Waals surface area contributed by atoms with Crippen molar-refractivity contribution >= 4 is 0 Å². The van der Waals surface area contributed by atoms with Crippen molar-refractivity contribution < 1.29 is 9.63 Å². The number of aliphatic hydroxyl groups is 1. The number of nitrogens with zero attached hydrogens (tertiary/aromatic N) is 3. The molecular formula is C13H23N3O2. The summed E-state index contributed by atoms with van der Waals surface area (Å²) in [5, 5.41) is 14.3. The molecule has 1 saturated carbocycles. The van der Waals surface area contributed by atoms with Gasteiger partial charge >= 0.3 is 0 Å². The van der Waals surface area contributed by atoms with E-state index >= 15 is 0 Å². The van der Waals surface area contributed by atoms with Crippen LogP contribution < -0.4 is 0 Å². The highest BCUT2D eigenvalue weighted by Crippen LogP contribution is 2.30. The van der Waals surface area contributed by atoms with Crippen molar-refractivity contribution in [2.24, 2.45) is 0 Å². The second kappa shape index (κ2) is 5.80. The summed E-state index contributed by atoms with van der Waals surface area (Å²) in [7, 11) is 1.99. The molecule has 0 aliphatic heterocycles. The summed E-state index contributed by atoms with van der Waals surface area (Å²) < 4.78 is 5.15. The van der Waals surface area contributed by atoms with E-state index in [4.69, 9.17) is 4.52 Å². The van der Waals surface area contributed by atoms with Gasteiger partial charge in [-0.15, -0.1) is 0 Å². The Balaban J connectivity index is 1.84. The fourth-order valence-corrected chi connectivity index (χ4v) is 2.66. The second-order valence-electron chi connectivity index (χ2n) is 5.46. The Bertz CT molecular complexity index is 372. The zero-order valence-electron chi connectivity index (χ0n) is 11.4. The quantitative estimate of drug-likeness (QED) is 0.837. The lowest BCUT2D eigenvalue weighted by Crippen LogP contribution is -2.38. The van der Waals surface area contributed by atoms with Gasteiger partial charge in [-0.25, -0.2) is 0 Å². The first-order chi connectivity index (χ1) is 8.61. The summed E-state index contributed by atoms with van der Waals surface area (Å²) in [5.41, 5.74) is -0.509. The molecule has 0 radical (unpaired) electrons. The van der Waals surface area contributed by atoms with E-state index in [-0.39, 0.29) is 0 Å². The van der Waals surface area contributed by atoms with Crippen LogP contribution in [-0.4, -0.2) is 39.3 Å². The van der Waals surface area contributed by atoms with Gasteiger partial charge in [0.1, 0.15) is 0 Å². The fraction of sp³-hybridized carbons (Fsp3) is 0.846. The Hall–Kier alpha value is -0.940. The van der Waals surface area contributed by atoms with Crippen molar-refractivity contribution in [1.82, 2.24) is 15.0 Å². The summed E-state index contributed by atoms with van der Waals surface area (Å²) in [6, 6.07) is 0. The summed E-state index contributed by atoms with van der Waals surface area (Å²) in [6.07, 6.45) is 5.92. The first-order valence-electron chi connectivity index (χ1n) is 6.84. The van der Waals surface area contributed by atoms with Crippen LogP contribution >= 0.6 is 0 Å². The fourth-order valence-electron chi connectivity index (χ4n) is 2.66. The van der Waals surface area contributed by atoms with Crippen molar-refractivity contribution in [2.45, 2.75) is 57.6 Å². The van der Waals surface area contributed by atoms with E-state index < -0.39 is 5.60 Å². The Morgan fingerprint density at radius 2 is 2.11 bits per heavy atom. The molecule has 1 fully saturated rings. The second-order valence-corrected chi connectivity index (χ2v) is 5.46. The molecule has 0 unspecified atom stereocenters. The summed E-state index contributed by atoms with van der Waals surface area (Å²) in [6.45, 7) is 3.41. The average molecular weight is 253 g/mol. The van der Waals surface area contributed by atoms with Gasteiger partial charge in [0.15, 0.2) is 5.82 Å². The minimum atomic E-state index is -0.509. The first kappa shape index (κ1) is 13.5. The maximum atomic E-state index is 10.3. The molecule has 1 heterocycles. The number of aryl methyl sites for hydroxylation is 1. The van der Waals surface area contributed by atoms with Crippen molar-refractivity contribution in [3.8, 4) is 0 Å². The largest absolute Gasteiger partial charge is 0.389 e.